The Morgan fingerprint density at radius 1 is 1.47 bits per heavy atom. The van der Waals surface area contributed by atoms with E-state index in [1.54, 1.807) is 11.3 Å². The predicted octanol–water partition coefficient (Wildman–Crippen LogP) is 1.81. The molecule has 0 aliphatic heterocycles. The Morgan fingerprint density at radius 3 is 2.88 bits per heavy atom. The summed E-state index contributed by atoms with van der Waals surface area (Å²) in [5.41, 5.74) is 5.71. The molecule has 0 fully saturated rings. The summed E-state index contributed by atoms with van der Waals surface area (Å²) < 4.78 is 1.01. The third-order valence-corrected chi connectivity index (χ3v) is 3.68. The van der Waals surface area contributed by atoms with Crippen LogP contribution in [0.5, 0.6) is 0 Å². The molecule has 2 rings (SSSR count). The first-order valence-electron chi connectivity index (χ1n) is 4.74. The first-order chi connectivity index (χ1) is 8.16. The largest absolute Gasteiger partial charge is 0.382 e. The molecule has 0 aliphatic rings. The van der Waals surface area contributed by atoms with E-state index in [1.165, 1.54) is 12.4 Å². The molecule has 7 heteroatoms. The van der Waals surface area contributed by atoms with Crippen LogP contribution in [0.2, 0.25) is 0 Å². The number of thiophene rings is 1. The molecule has 0 radical (unpaired) electrons. The van der Waals surface area contributed by atoms with Crippen LogP contribution in [0.15, 0.2) is 28.3 Å². The van der Waals surface area contributed by atoms with Crippen molar-refractivity contribution in [2.45, 2.75) is 6.54 Å². The lowest BCUT2D eigenvalue weighted by atomic mass is 10.3. The molecule has 1 amide bonds. The van der Waals surface area contributed by atoms with Crippen LogP contribution in [0.1, 0.15) is 15.4 Å². The number of carbonyl (C=O) groups is 1. The highest BCUT2D eigenvalue weighted by molar-refractivity contribution is 9.10. The maximum atomic E-state index is 11.7. The van der Waals surface area contributed by atoms with E-state index in [4.69, 9.17) is 5.73 Å². The van der Waals surface area contributed by atoms with Crippen molar-refractivity contribution in [3.05, 3.63) is 38.9 Å². The van der Waals surface area contributed by atoms with Gasteiger partial charge >= 0.3 is 0 Å². The van der Waals surface area contributed by atoms with E-state index in [-0.39, 0.29) is 17.4 Å². The Kier molecular flexibility index (Phi) is 3.70. The normalized spacial score (nSPS) is 10.2. The zero-order chi connectivity index (χ0) is 12.3. The van der Waals surface area contributed by atoms with Gasteiger partial charge in [0.1, 0.15) is 0 Å². The molecule has 0 saturated heterocycles. The third-order valence-electron chi connectivity index (χ3n) is 1.99. The molecule has 3 N–H and O–H groups in total. The minimum atomic E-state index is -0.319. The van der Waals surface area contributed by atoms with Crippen molar-refractivity contribution in [3.63, 3.8) is 0 Å². The summed E-state index contributed by atoms with van der Waals surface area (Å²) in [6.07, 6.45) is 2.88. The molecule has 0 unspecified atom stereocenters. The second kappa shape index (κ2) is 5.24. The molecule has 2 aromatic rings. The molecule has 0 spiro atoms. The molecule has 2 heterocycles. The van der Waals surface area contributed by atoms with Crippen LogP contribution >= 0.6 is 27.3 Å². The molecular weight excluding hydrogens is 304 g/mol. The van der Waals surface area contributed by atoms with Crippen molar-refractivity contribution in [2.24, 2.45) is 0 Å². The summed E-state index contributed by atoms with van der Waals surface area (Å²) in [4.78, 5) is 20.5. The SMILES string of the molecule is Nc1nccnc1C(=O)NCc1cc(Br)cs1. The highest BCUT2D eigenvalue weighted by Gasteiger charge is 2.11. The molecule has 88 valence electrons. The lowest BCUT2D eigenvalue weighted by molar-refractivity contribution is 0.0947. The van der Waals surface area contributed by atoms with Crippen LogP contribution in [-0.4, -0.2) is 15.9 Å². The number of nitrogen functional groups attached to an aromatic ring is 1. The van der Waals surface area contributed by atoms with Crippen LogP contribution in [0.3, 0.4) is 0 Å². The fourth-order valence-electron chi connectivity index (χ4n) is 1.22. The Bertz CT molecular complexity index is 543. The van der Waals surface area contributed by atoms with Crippen molar-refractivity contribution in [1.82, 2.24) is 15.3 Å². The van der Waals surface area contributed by atoms with Gasteiger partial charge in [-0.3, -0.25) is 4.79 Å². The average molecular weight is 313 g/mol. The third kappa shape index (κ3) is 3.01. The minimum Gasteiger partial charge on any atom is -0.382 e. The number of amides is 1. The lowest BCUT2D eigenvalue weighted by Gasteiger charge is -2.04. The summed E-state index contributed by atoms with van der Waals surface area (Å²) >= 11 is 4.91. The zero-order valence-electron chi connectivity index (χ0n) is 8.68. The fraction of sp³-hybridized carbons (Fsp3) is 0.100. The van der Waals surface area contributed by atoms with Gasteiger partial charge in [-0.05, 0) is 22.0 Å². The average Bonchev–Trinajstić information content (AvgIpc) is 2.73. The van der Waals surface area contributed by atoms with Gasteiger partial charge in [-0.15, -0.1) is 11.3 Å². The molecule has 0 saturated carbocycles. The molecule has 17 heavy (non-hydrogen) atoms. The first kappa shape index (κ1) is 12.0. The summed E-state index contributed by atoms with van der Waals surface area (Å²) in [6.45, 7) is 0.450. The van der Waals surface area contributed by atoms with E-state index in [9.17, 15) is 4.79 Å². The van der Waals surface area contributed by atoms with Crippen molar-refractivity contribution >= 4 is 39.0 Å². The molecule has 2 aromatic heterocycles. The standard InChI is InChI=1S/C10H9BrN4OS/c11-6-3-7(17-5-6)4-15-10(16)8-9(12)14-2-1-13-8/h1-3,5H,4H2,(H2,12,14)(H,15,16). The second-order valence-electron chi connectivity index (χ2n) is 3.20. The number of nitrogens with zero attached hydrogens (tertiary/aromatic N) is 2. The van der Waals surface area contributed by atoms with E-state index in [2.05, 4.69) is 31.2 Å². The first-order valence-corrected chi connectivity index (χ1v) is 6.41. The number of rotatable bonds is 3. The summed E-state index contributed by atoms with van der Waals surface area (Å²) in [5, 5.41) is 4.69. The van der Waals surface area contributed by atoms with Gasteiger partial charge in [0.15, 0.2) is 11.5 Å². The number of nitrogens with one attached hydrogen (secondary N) is 1. The number of halogens is 1. The van der Waals surface area contributed by atoms with Gasteiger partial charge in [-0.1, -0.05) is 0 Å². The van der Waals surface area contributed by atoms with E-state index in [0.29, 0.717) is 6.54 Å². The molecule has 0 atom stereocenters. The van der Waals surface area contributed by atoms with Crippen molar-refractivity contribution in [2.75, 3.05) is 5.73 Å². The topological polar surface area (TPSA) is 80.9 Å². The van der Waals surface area contributed by atoms with Gasteiger partial charge in [-0.2, -0.15) is 0 Å². The zero-order valence-corrected chi connectivity index (χ0v) is 11.1. The highest BCUT2D eigenvalue weighted by atomic mass is 79.9. The molecule has 5 nitrogen and oxygen atoms in total. The van der Waals surface area contributed by atoms with E-state index < -0.39 is 0 Å². The van der Waals surface area contributed by atoms with Gasteiger partial charge in [0.2, 0.25) is 0 Å². The Balaban J connectivity index is 2.01. The van der Waals surface area contributed by atoms with E-state index >= 15 is 0 Å². The number of anilines is 1. The Morgan fingerprint density at radius 2 is 2.24 bits per heavy atom. The van der Waals surface area contributed by atoms with E-state index in [0.717, 1.165) is 9.35 Å². The van der Waals surface area contributed by atoms with Crippen LogP contribution in [-0.2, 0) is 6.54 Å². The van der Waals surface area contributed by atoms with Gasteiger partial charge in [0.05, 0.1) is 6.54 Å². The molecule has 0 aliphatic carbocycles. The summed E-state index contributed by atoms with van der Waals surface area (Å²) in [5.74, 6) is -0.183. The van der Waals surface area contributed by atoms with Crippen LogP contribution < -0.4 is 11.1 Å². The van der Waals surface area contributed by atoms with Crippen LogP contribution in [0.4, 0.5) is 5.82 Å². The quantitative estimate of drug-likeness (QED) is 0.905. The smallest absolute Gasteiger partial charge is 0.274 e. The lowest BCUT2D eigenvalue weighted by Crippen LogP contribution is -2.24. The number of hydrogen-bond donors (Lipinski definition) is 2. The molecular formula is C10H9BrN4OS. The fourth-order valence-corrected chi connectivity index (χ4v) is 2.61. The van der Waals surface area contributed by atoms with Gasteiger partial charge in [0.25, 0.3) is 5.91 Å². The van der Waals surface area contributed by atoms with Crippen molar-refractivity contribution < 1.29 is 4.79 Å². The van der Waals surface area contributed by atoms with Crippen molar-refractivity contribution in [3.8, 4) is 0 Å². The molecule has 0 bridgehead atoms. The van der Waals surface area contributed by atoms with E-state index in [1.807, 2.05) is 11.4 Å². The van der Waals surface area contributed by atoms with Crippen LogP contribution in [0, 0.1) is 0 Å². The van der Waals surface area contributed by atoms with Gasteiger partial charge in [0, 0.05) is 27.1 Å². The maximum Gasteiger partial charge on any atom is 0.274 e. The summed E-state index contributed by atoms with van der Waals surface area (Å²) in [7, 11) is 0. The highest BCUT2D eigenvalue weighted by Crippen LogP contribution is 2.19. The monoisotopic (exact) mass is 312 g/mol. The number of aromatic nitrogens is 2. The van der Waals surface area contributed by atoms with Gasteiger partial charge < -0.3 is 11.1 Å². The summed E-state index contributed by atoms with van der Waals surface area (Å²) in [6, 6.07) is 1.95. The van der Waals surface area contributed by atoms with Gasteiger partial charge in [-0.25, -0.2) is 9.97 Å². The number of nitrogens with two attached hydrogens (primary N) is 1. The van der Waals surface area contributed by atoms with Crippen LogP contribution in [0.25, 0.3) is 0 Å². The predicted molar refractivity (Wildman–Crippen MR) is 69.6 cm³/mol. The maximum absolute atomic E-state index is 11.7. The molecule has 0 aromatic carbocycles. The number of hydrogen-bond acceptors (Lipinski definition) is 5. The Hall–Kier alpha value is -1.47. The number of carbonyl (C=O) groups excluding carboxylic acids is 1. The Labute approximate surface area is 110 Å². The minimum absolute atomic E-state index is 0.136. The van der Waals surface area contributed by atoms with Crippen molar-refractivity contribution in [1.29, 1.82) is 0 Å². The second-order valence-corrected chi connectivity index (χ2v) is 5.12.